The molecule has 2 N–H and O–H groups in total. The molecule has 0 aromatic heterocycles. The topological polar surface area (TPSA) is 60.0 Å². The third-order valence-corrected chi connectivity index (χ3v) is 6.78. The minimum atomic E-state index is -0.0638. The van der Waals surface area contributed by atoms with E-state index in [4.69, 9.17) is 0 Å². The van der Waals surface area contributed by atoms with Crippen LogP contribution in [0, 0.1) is 5.92 Å². The highest BCUT2D eigenvalue weighted by molar-refractivity contribution is 5.86. The monoisotopic (exact) mass is 397 g/mol. The van der Waals surface area contributed by atoms with Crippen LogP contribution in [0.4, 0.5) is 5.69 Å². The molecule has 4 atom stereocenters. The first-order valence-corrected chi connectivity index (χ1v) is 11.1. The molecule has 4 rings (SSSR count). The number of rotatable bonds is 6. The van der Waals surface area contributed by atoms with Crippen LogP contribution in [0.2, 0.25) is 0 Å². The van der Waals surface area contributed by atoms with E-state index < -0.39 is 0 Å². The Kier molecular flexibility index (Phi) is 6.50. The van der Waals surface area contributed by atoms with E-state index in [1.54, 1.807) is 7.05 Å². The Morgan fingerprint density at radius 3 is 2.76 bits per heavy atom. The van der Waals surface area contributed by atoms with Crippen LogP contribution in [0.3, 0.4) is 0 Å². The fraction of sp³-hybridized carbons (Fsp3) is 0.652. The van der Waals surface area contributed by atoms with Gasteiger partial charge in [0.25, 0.3) is 0 Å². The minimum absolute atomic E-state index is 0.0231. The number of carbonyl (C=O) groups excluding carboxylic acids is 1. The molecule has 29 heavy (non-hydrogen) atoms. The second-order valence-electron chi connectivity index (χ2n) is 8.95. The maximum Gasteiger partial charge on any atom is 0.237 e. The van der Waals surface area contributed by atoms with Crippen LogP contribution in [0.25, 0.3) is 0 Å². The average Bonchev–Trinajstić information content (AvgIpc) is 3.29. The van der Waals surface area contributed by atoms with Crippen molar-refractivity contribution in [3.05, 3.63) is 29.8 Å². The minimum Gasteiger partial charge on any atom is -0.370 e. The number of hydrogen-bond acceptors (Lipinski definition) is 5. The SMILES string of the molecule is CN=C[C@H](Cc1ccc(N2CCCN(C)CC2)cc1)NC(=O)[C@H]1N[C@@H]2CC[C@H]1C2. The van der Waals surface area contributed by atoms with Gasteiger partial charge in [-0.2, -0.15) is 0 Å². The number of piperidine rings is 1. The third kappa shape index (κ3) is 4.98. The molecule has 6 heteroatoms. The Bertz CT molecular complexity index is 718. The summed E-state index contributed by atoms with van der Waals surface area (Å²) in [5, 5.41) is 6.71. The predicted octanol–water partition coefficient (Wildman–Crippen LogP) is 1.70. The Labute approximate surface area is 174 Å². The number of nitrogens with one attached hydrogen (secondary N) is 2. The van der Waals surface area contributed by atoms with Gasteiger partial charge < -0.3 is 20.4 Å². The second-order valence-corrected chi connectivity index (χ2v) is 8.95. The van der Waals surface area contributed by atoms with Crippen LogP contribution >= 0.6 is 0 Å². The van der Waals surface area contributed by atoms with Gasteiger partial charge in [-0.05, 0) is 69.3 Å². The lowest BCUT2D eigenvalue weighted by Crippen LogP contribution is -2.51. The molecule has 0 radical (unpaired) electrons. The molecular weight excluding hydrogens is 362 g/mol. The summed E-state index contributed by atoms with van der Waals surface area (Å²) in [4.78, 5) is 21.9. The van der Waals surface area contributed by atoms with Gasteiger partial charge in [-0.25, -0.2) is 0 Å². The summed E-state index contributed by atoms with van der Waals surface area (Å²) >= 11 is 0. The lowest BCUT2D eigenvalue weighted by atomic mass is 9.98. The van der Waals surface area contributed by atoms with Crippen LogP contribution in [-0.4, -0.2) is 75.4 Å². The number of anilines is 1. The Balaban J connectivity index is 1.35. The molecule has 1 aromatic rings. The Morgan fingerprint density at radius 2 is 2.07 bits per heavy atom. The molecule has 2 aliphatic heterocycles. The van der Waals surface area contributed by atoms with E-state index in [2.05, 4.69) is 56.7 Å². The van der Waals surface area contributed by atoms with E-state index in [0.717, 1.165) is 32.5 Å². The first kappa shape index (κ1) is 20.4. The summed E-state index contributed by atoms with van der Waals surface area (Å²) in [5.41, 5.74) is 2.52. The van der Waals surface area contributed by atoms with Crippen molar-refractivity contribution >= 4 is 17.8 Å². The molecule has 1 aliphatic carbocycles. The van der Waals surface area contributed by atoms with E-state index in [1.807, 2.05) is 6.21 Å². The molecule has 1 aromatic carbocycles. The highest BCUT2D eigenvalue weighted by Crippen LogP contribution is 2.35. The summed E-state index contributed by atoms with van der Waals surface area (Å²) in [6, 6.07) is 9.29. The summed E-state index contributed by atoms with van der Waals surface area (Å²) in [7, 11) is 3.97. The number of nitrogens with zero attached hydrogens (tertiary/aromatic N) is 3. The first-order valence-electron chi connectivity index (χ1n) is 11.1. The first-order chi connectivity index (χ1) is 14.1. The summed E-state index contributed by atoms with van der Waals surface area (Å²) in [5.74, 6) is 0.638. The summed E-state index contributed by atoms with van der Waals surface area (Å²) < 4.78 is 0. The largest absolute Gasteiger partial charge is 0.370 e. The van der Waals surface area contributed by atoms with E-state index in [9.17, 15) is 4.79 Å². The molecule has 2 bridgehead atoms. The molecule has 1 amide bonds. The van der Waals surface area contributed by atoms with Crippen molar-refractivity contribution in [1.82, 2.24) is 15.5 Å². The molecule has 2 saturated heterocycles. The number of carbonyl (C=O) groups is 1. The number of hydrogen-bond donors (Lipinski definition) is 2. The van der Waals surface area contributed by atoms with Gasteiger partial charge in [-0.3, -0.25) is 9.79 Å². The highest BCUT2D eigenvalue weighted by atomic mass is 16.2. The van der Waals surface area contributed by atoms with Crippen molar-refractivity contribution in [2.45, 2.75) is 50.2 Å². The number of fused-ring (bicyclic) bond motifs is 2. The number of benzene rings is 1. The van der Waals surface area contributed by atoms with Crippen LogP contribution in [-0.2, 0) is 11.2 Å². The zero-order valence-corrected chi connectivity index (χ0v) is 17.8. The summed E-state index contributed by atoms with van der Waals surface area (Å²) in [6.07, 6.45) is 7.38. The summed E-state index contributed by atoms with van der Waals surface area (Å²) in [6.45, 7) is 4.47. The molecule has 158 valence electrons. The number of aliphatic imine (C=N–C) groups is 1. The van der Waals surface area contributed by atoms with Gasteiger partial charge in [0.2, 0.25) is 5.91 Å². The van der Waals surface area contributed by atoms with Crippen LogP contribution < -0.4 is 15.5 Å². The van der Waals surface area contributed by atoms with Gasteiger partial charge in [0, 0.05) is 44.6 Å². The van der Waals surface area contributed by atoms with Crippen LogP contribution in [0.1, 0.15) is 31.2 Å². The molecule has 0 spiro atoms. The molecular formula is C23H35N5O. The highest BCUT2D eigenvalue weighted by Gasteiger charge is 2.42. The van der Waals surface area contributed by atoms with Gasteiger partial charge in [-0.1, -0.05) is 12.1 Å². The number of likely N-dealkylation sites (N-methyl/N-ethyl adjacent to an activating group) is 1. The normalized spacial score (nSPS) is 28.6. The lowest BCUT2D eigenvalue weighted by molar-refractivity contribution is -0.124. The fourth-order valence-electron chi connectivity index (χ4n) is 5.15. The van der Waals surface area contributed by atoms with Crippen molar-refractivity contribution < 1.29 is 4.79 Å². The third-order valence-electron chi connectivity index (χ3n) is 6.78. The molecule has 0 unspecified atom stereocenters. The van der Waals surface area contributed by atoms with E-state index in [-0.39, 0.29) is 18.0 Å². The zero-order valence-electron chi connectivity index (χ0n) is 17.8. The Hall–Kier alpha value is -1.92. The van der Waals surface area contributed by atoms with Crippen LogP contribution in [0.15, 0.2) is 29.3 Å². The average molecular weight is 398 g/mol. The zero-order chi connectivity index (χ0) is 20.2. The molecule has 3 aliphatic rings. The predicted molar refractivity (Wildman–Crippen MR) is 119 cm³/mol. The van der Waals surface area contributed by atoms with Gasteiger partial charge in [0.15, 0.2) is 0 Å². The van der Waals surface area contributed by atoms with Gasteiger partial charge in [-0.15, -0.1) is 0 Å². The van der Waals surface area contributed by atoms with E-state index >= 15 is 0 Å². The smallest absolute Gasteiger partial charge is 0.237 e. The van der Waals surface area contributed by atoms with Crippen molar-refractivity contribution in [2.75, 3.05) is 45.2 Å². The Morgan fingerprint density at radius 1 is 1.24 bits per heavy atom. The van der Waals surface area contributed by atoms with Gasteiger partial charge in [0.1, 0.15) is 0 Å². The maximum absolute atomic E-state index is 12.8. The molecule has 3 fully saturated rings. The molecule has 1 saturated carbocycles. The van der Waals surface area contributed by atoms with Crippen molar-refractivity contribution in [3.63, 3.8) is 0 Å². The molecule has 2 heterocycles. The molecule has 6 nitrogen and oxygen atoms in total. The standard InChI is InChI=1S/C23H35N5O/c1-24-16-20(26-23(29)22-18-6-7-19(15-18)25-22)14-17-4-8-21(9-5-17)28-11-3-10-27(2)12-13-28/h4-5,8-9,16,18-20,22,25H,3,6-7,10-15H2,1-2H3,(H,26,29)/t18-,19+,20-,22-/m0/s1. The lowest BCUT2D eigenvalue weighted by Gasteiger charge is -2.25. The van der Waals surface area contributed by atoms with Crippen molar-refractivity contribution in [2.24, 2.45) is 10.9 Å². The van der Waals surface area contributed by atoms with Crippen molar-refractivity contribution in [1.29, 1.82) is 0 Å². The quantitative estimate of drug-likeness (QED) is 0.718. The maximum atomic E-state index is 12.8. The number of amides is 1. The van der Waals surface area contributed by atoms with Crippen molar-refractivity contribution in [3.8, 4) is 0 Å². The van der Waals surface area contributed by atoms with E-state index in [0.29, 0.717) is 12.0 Å². The van der Waals surface area contributed by atoms with Crippen LogP contribution in [0.5, 0.6) is 0 Å². The van der Waals surface area contributed by atoms with Gasteiger partial charge in [0.05, 0.1) is 12.1 Å². The van der Waals surface area contributed by atoms with E-state index in [1.165, 1.54) is 37.1 Å². The fourth-order valence-corrected chi connectivity index (χ4v) is 5.15. The van der Waals surface area contributed by atoms with Gasteiger partial charge >= 0.3 is 0 Å². The second kappa shape index (κ2) is 9.26.